The zero-order valence-electron chi connectivity index (χ0n) is 17.0. The summed E-state index contributed by atoms with van der Waals surface area (Å²) in [6.07, 6.45) is 0.818. The van der Waals surface area contributed by atoms with E-state index in [9.17, 15) is 19.2 Å². The van der Waals surface area contributed by atoms with Gasteiger partial charge in [0, 0.05) is 20.2 Å². The minimum absolute atomic E-state index is 0.0659. The Morgan fingerprint density at radius 2 is 1.58 bits per heavy atom. The molecule has 7 unspecified atom stereocenters. The molecule has 7 atom stereocenters. The fraction of sp³-hybridized carbons (Fsp3) is 0.545. The van der Waals surface area contributed by atoms with Crippen LogP contribution in [0.25, 0.3) is 0 Å². The van der Waals surface area contributed by atoms with Crippen LogP contribution in [0.15, 0.2) is 24.3 Å². The Morgan fingerprint density at radius 3 is 2.06 bits per heavy atom. The zero-order valence-corrected chi connectivity index (χ0v) is 20.9. The first kappa shape index (κ1) is 22.9. The number of imide groups is 1. The van der Waals surface area contributed by atoms with Crippen LogP contribution in [0.3, 0.4) is 0 Å². The third-order valence-corrected chi connectivity index (χ3v) is 10.1. The van der Waals surface area contributed by atoms with E-state index in [1.807, 2.05) is 0 Å². The van der Waals surface area contributed by atoms with Crippen molar-refractivity contribution in [1.82, 2.24) is 4.90 Å². The Hall–Kier alpha value is -1.25. The molecule has 3 aliphatic rings. The summed E-state index contributed by atoms with van der Waals surface area (Å²) in [4.78, 5) is 53.2. The van der Waals surface area contributed by atoms with Gasteiger partial charge in [0.05, 0.1) is 11.8 Å². The van der Waals surface area contributed by atoms with Crippen molar-refractivity contribution < 1.29 is 23.9 Å². The standard InChI is InChI=1S/C22H22Br2ClNO5/c1-9(2)19(22(30)31-8-14(27)10-3-5-11(25)6-4-10)26-20(28)15-12-7-13(16(15)21(26)29)18(24)17(12)23/h3-6,9,12-13,15-19H,7-8H2,1-2H3. The normalized spacial score (nSPS) is 32.5. The Morgan fingerprint density at radius 1 is 1.06 bits per heavy atom. The van der Waals surface area contributed by atoms with Gasteiger partial charge in [-0.15, -0.1) is 0 Å². The van der Waals surface area contributed by atoms with Crippen LogP contribution in [-0.2, 0) is 19.1 Å². The lowest BCUT2D eigenvalue weighted by atomic mass is 9.81. The Bertz CT molecular complexity index is 904. The maximum absolute atomic E-state index is 13.3. The van der Waals surface area contributed by atoms with Gasteiger partial charge in [-0.05, 0) is 48.4 Å². The molecule has 1 aliphatic heterocycles. The smallest absolute Gasteiger partial charge is 0.330 e. The van der Waals surface area contributed by atoms with Gasteiger partial charge in [-0.1, -0.05) is 57.3 Å². The van der Waals surface area contributed by atoms with Crippen LogP contribution in [0.4, 0.5) is 0 Å². The quantitative estimate of drug-likeness (QED) is 0.223. The summed E-state index contributed by atoms with van der Waals surface area (Å²) in [7, 11) is 0. The van der Waals surface area contributed by atoms with Crippen LogP contribution in [0.2, 0.25) is 5.02 Å². The van der Waals surface area contributed by atoms with Gasteiger partial charge in [0.15, 0.2) is 12.4 Å². The van der Waals surface area contributed by atoms with Crippen molar-refractivity contribution in [2.24, 2.45) is 29.6 Å². The minimum atomic E-state index is -1.05. The predicted octanol–water partition coefficient (Wildman–Crippen LogP) is 3.87. The van der Waals surface area contributed by atoms with E-state index in [0.29, 0.717) is 10.6 Å². The van der Waals surface area contributed by atoms with E-state index in [0.717, 1.165) is 11.3 Å². The van der Waals surface area contributed by atoms with E-state index in [-0.39, 0.29) is 45.0 Å². The molecule has 2 saturated carbocycles. The predicted molar refractivity (Wildman–Crippen MR) is 121 cm³/mol. The molecule has 31 heavy (non-hydrogen) atoms. The second-order valence-corrected chi connectivity index (χ2v) is 11.3. The van der Waals surface area contributed by atoms with Gasteiger partial charge < -0.3 is 4.74 Å². The van der Waals surface area contributed by atoms with Crippen molar-refractivity contribution >= 4 is 67.0 Å². The zero-order chi connectivity index (χ0) is 22.6. The van der Waals surface area contributed by atoms with Gasteiger partial charge in [-0.25, -0.2) is 4.79 Å². The largest absolute Gasteiger partial charge is 0.456 e. The summed E-state index contributed by atoms with van der Waals surface area (Å²) in [5.74, 6) is -2.74. The third-order valence-electron chi connectivity index (χ3n) is 6.68. The van der Waals surface area contributed by atoms with E-state index < -0.39 is 30.5 Å². The molecule has 0 radical (unpaired) electrons. The fourth-order valence-corrected chi connectivity index (χ4v) is 7.26. The number of hydrogen-bond donors (Lipinski definition) is 0. The van der Waals surface area contributed by atoms with Gasteiger partial charge >= 0.3 is 5.97 Å². The summed E-state index contributed by atoms with van der Waals surface area (Å²) >= 11 is 13.2. The van der Waals surface area contributed by atoms with Crippen LogP contribution >= 0.6 is 43.5 Å². The number of Topliss-reactive ketones (excluding diaryl/α,β-unsaturated/α-hetero) is 1. The number of alkyl halides is 2. The first-order valence-corrected chi connectivity index (χ1v) is 12.4. The number of benzene rings is 1. The van der Waals surface area contributed by atoms with Gasteiger partial charge in [0.2, 0.25) is 11.8 Å². The lowest BCUT2D eigenvalue weighted by molar-refractivity contribution is -0.160. The SMILES string of the molecule is CC(C)C(C(=O)OCC(=O)c1ccc(Cl)cc1)N1C(=O)C2C3CC(C(Br)C3Br)C2C1=O. The van der Waals surface area contributed by atoms with Crippen LogP contribution in [-0.4, -0.2) is 50.8 Å². The molecule has 1 aromatic carbocycles. The molecule has 6 nitrogen and oxygen atoms in total. The molecular weight excluding hydrogens is 554 g/mol. The molecule has 9 heteroatoms. The van der Waals surface area contributed by atoms with Crippen molar-refractivity contribution in [3.05, 3.63) is 34.9 Å². The first-order valence-electron chi connectivity index (χ1n) is 10.2. The molecule has 3 fully saturated rings. The average molecular weight is 576 g/mol. The number of fused-ring (bicyclic) bond motifs is 5. The van der Waals surface area contributed by atoms with E-state index in [1.165, 1.54) is 0 Å². The van der Waals surface area contributed by atoms with Crippen molar-refractivity contribution in [1.29, 1.82) is 0 Å². The second kappa shape index (κ2) is 8.60. The van der Waals surface area contributed by atoms with Gasteiger partial charge in [-0.3, -0.25) is 19.3 Å². The molecule has 0 aromatic heterocycles. The number of ether oxygens (including phenoxy) is 1. The third kappa shape index (κ3) is 3.78. The van der Waals surface area contributed by atoms with E-state index in [2.05, 4.69) is 31.9 Å². The molecule has 1 saturated heterocycles. The molecular formula is C22H22Br2ClNO5. The summed E-state index contributed by atoms with van der Waals surface area (Å²) in [5.41, 5.74) is 0.365. The van der Waals surface area contributed by atoms with Gasteiger partial charge in [-0.2, -0.15) is 0 Å². The topological polar surface area (TPSA) is 80.8 Å². The molecule has 1 heterocycles. The van der Waals surface area contributed by atoms with Crippen molar-refractivity contribution in [3.8, 4) is 0 Å². The number of ketones is 1. The molecule has 1 aromatic rings. The Kier molecular flexibility index (Phi) is 6.36. The number of carbonyl (C=O) groups excluding carboxylic acids is 4. The van der Waals surface area contributed by atoms with Crippen LogP contribution < -0.4 is 0 Å². The number of likely N-dealkylation sites (tertiary alicyclic amines) is 1. The molecule has 2 bridgehead atoms. The highest BCUT2D eigenvalue weighted by atomic mass is 79.9. The van der Waals surface area contributed by atoms with E-state index in [1.54, 1.807) is 38.1 Å². The summed E-state index contributed by atoms with van der Waals surface area (Å²) in [6, 6.07) is 5.21. The van der Waals surface area contributed by atoms with Crippen LogP contribution in [0.5, 0.6) is 0 Å². The Balaban J connectivity index is 1.49. The van der Waals surface area contributed by atoms with E-state index in [4.69, 9.17) is 16.3 Å². The maximum atomic E-state index is 13.3. The number of nitrogens with zero attached hydrogens (tertiary/aromatic N) is 1. The summed E-state index contributed by atoms with van der Waals surface area (Å²) in [6.45, 7) is 3.05. The number of esters is 1. The first-order chi connectivity index (χ1) is 14.6. The maximum Gasteiger partial charge on any atom is 0.330 e. The number of hydrogen-bond acceptors (Lipinski definition) is 5. The highest BCUT2D eigenvalue weighted by Gasteiger charge is 2.67. The van der Waals surface area contributed by atoms with Crippen LogP contribution in [0.1, 0.15) is 30.6 Å². The number of amides is 2. The molecule has 0 N–H and O–H groups in total. The number of carbonyl (C=O) groups is 4. The molecule has 166 valence electrons. The van der Waals surface area contributed by atoms with Crippen molar-refractivity contribution in [2.45, 2.75) is 36.0 Å². The summed E-state index contributed by atoms with van der Waals surface area (Å²) in [5, 5.41) is 0.496. The molecule has 4 rings (SSSR count). The lowest BCUT2D eigenvalue weighted by Gasteiger charge is -2.28. The lowest BCUT2D eigenvalue weighted by Crippen LogP contribution is -2.50. The molecule has 2 amide bonds. The van der Waals surface area contributed by atoms with Gasteiger partial charge in [0.25, 0.3) is 0 Å². The van der Waals surface area contributed by atoms with Crippen LogP contribution in [0, 0.1) is 29.6 Å². The van der Waals surface area contributed by atoms with E-state index >= 15 is 0 Å². The van der Waals surface area contributed by atoms with Gasteiger partial charge in [0.1, 0.15) is 6.04 Å². The minimum Gasteiger partial charge on any atom is -0.456 e. The van der Waals surface area contributed by atoms with Crippen molar-refractivity contribution in [2.75, 3.05) is 6.61 Å². The monoisotopic (exact) mass is 573 g/mol. The highest BCUT2D eigenvalue weighted by Crippen LogP contribution is 2.60. The second-order valence-electron chi connectivity index (χ2n) is 8.78. The average Bonchev–Trinajstić information content (AvgIpc) is 3.33. The number of rotatable bonds is 6. The Labute approximate surface area is 202 Å². The fourth-order valence-electron chi connectivity index (χ4n) is 5.26. The highest BCUT2D eigenvalue weighted by molar-refractivity contribution is 9.12. The number of halogens is 3. The van der Waals surface area contributed by atoms with Crippen molar-refractivity contribution in [3.63, 3.8) is 0 Å². The summed E-state index contributed by atoms with van der Waals surface area (Å²) < 4.78 is 5.27. The molecule has 0 spiro atoms. The molecule has 2 aliphatic carbocycles.